The predicted octanol–water partition coefficient (Wildman–Crippen LogP) is 3.41. The first kappa shape index (κ1) is 14.0. The molecule has 1 aliphatic rings. The lowest BCUT2D eigenvalue weighted by molar-refractivity contribution is 0.159. The molecule has 0 spiro atoms. The molecule has 102 valence electrons. The summed E-state index contributed by atoms with van der Waals surface area (Å²) in [7, 11) is 0. The molecule has 2 nitrogen and oxygen atoms in total. The number of aryl methyl sites for hydroxylation is 1. The Bertz CT molecular complexity index is 348. The van der Waals surface area contributed by atoms with Gasteiger partial charge in [0, 0.05) is 22.3 Å². The molecular weight excluding hydrogens is 240 g/mol. The van der Waals surface area contributed by atoms with Crippen molar-refractivity contribution in [3.05, 3.63) is 21.9 Å². The zero-order valence-corrected chi connectivity index (χ0v) is 12.6. The van der Waals surface area contributed by atoms with Crippen LogP contribution < -0.4 is 5.32 Å². The molecule has 1 unspecified atom stereocenters. The highest BCUT2D eigenvalue weighted by Crippen LogP contribution is 2.16. The van der Waals surface area contributed by atoms with E-state index >= 15 is 0 Å². The van der Waals surface area contributed by atoms with Gasteiger partial charge in [0.15, 0.2) is 0 Å². The Morgan fingerprint density at radius 3 is 3.00 bits per heavy atom. The van der Waals surface area contributed by atoms with Gasteiger partial charge in [-0.05, 0) is 64.9 Å². The van der Waals surface area contributed by atoms with Crippen molar-refractivity contribution in [2.75, 3.05) is 19.6 Å². The third-order valence-corrected chi connectivity index (χ3v) is 4.84. The Hall–Kier alpha value is -0.380. The van der Waals surface area contributed by atoms with E-state index in [0.717, 1.165) is 19.1 Å². The van der Waals surface area contributed by atoms with E-state index in [9.17, 15) is 0 Å². The van der Waals surface area contributed by atoms with Crippen molar-refractivity contribution in [3.8, 4) is 0 Å². The van der Waals surface area contributed by atoms with Crippen LogP contribution in [0.5, 0.6) is 0 Å². The summed E-state index contributed by atoms with van der Waals surface area (Å²) in [6, 6.07) is 5.25. The van der Waals surface area contributed by atoms with Gasteiger partial charge in [0.1, 0.15) is 0 Å². The van der Waals surface area contributed by atoms with Gasteiger partial charge in [0.2, 0.25) is 0 Å². The molecule has 1 aromatic rings. The van der Waals surface area contributed by atoms with Crippen molar-refractivity contribution >= 4 is 11.3 Å². The first-order chi connectivity index (χ1) is 8.75. The lowest BCUT2D eigenvalue weighted by Gasteiger charge is -2.33. The highest BCUT2D eigenvalue weighted by molar-refractivity contribution is 7.11. The van der Waals surface area contributed by atoms with E-state index in [4.69, 9.17) is 0 Å². The van der Waals surface area contributed by atoms with Crippen molar-refractivity contribution in [1.29, 1.82) is 0 Å². The molecular formula is C15H26N2S. The SMILES string of the molecule is Cc1ccc(CNCCCN2CCCCC2C)s1. The topological polar surface area (TPSA) is 15.3 Å². The van der Waals surface area contributed by atoms with Crippen LogP contribution in [0, 0.1) is 6.92 Å². The molecule has 1 atom stereocenters. The molecule has 1 aliphatic heterocycles. The molecule has 0 amide bonds. The van der Waals surface area contributed by atoms with Crippen LogP contribution in [0.15, 0.2) is 12.1 Å². The van der Waals surface area contributed by atoms with Crippen LogP contribution in [-0.4, -0.2) is 30.6 Å². The largest absolute Gasteiger partial charge is 0.312 e. The smallest absolute Gasteiger partial charge is 0.0299 e. The van der Waals surface area contributed by atoms with Gasteiger partial charge in [-0.25, -0.2) is 0 Å². The molecule has 0 saturated carbocycles. The summed E-state index contributed by atoms with van der Waals surface area (Å²) in [4.78, 5) is 5.52. The van der Waals surface area contributed by atoms with E-state index in [1.165, 1.54) is 48.5 Å². The highest BCUT2D eigenvalue weighted by Gasteiger charge is 2.16. The second kappa shape index (κ2) is 7.27. The predicted molar refractivity (Wildman–Crippen MR) is 80.3 cm³/mol. The Labute approximate surface area is 115 Å². The lowest BCUT2D eigenvalue weighted by Crippen LogP contribution is -2.38. The monoisotopic (exact) mass is 266 g/mol. The summed E-state index contributed by atoms with van der Waals surface area (Å²) in [6.07, 6.45) is 5.48. The first-order valence-electron chi connectivity index (χ1n) is 7.26. The number of hydrogen-bond donors (Lipinski definition) is 1. The molecule has 3 heteroatoms. The van der Waals surface area contributed by atoms with Crippen LogP contribution in [-0.2, 0) is 6.54 Å². The average Bonchev–Trinajstić information content (AvgIpc) is 2.77. The number of piperidine rings is 1. The fourth-order valence-corrected chi connectivity index (χ4v) is 3.55. The molecule has 0 aliphatic carbocycles. The van der Waals surface area contributed by atoms with Crippen LogP contribution in [0.4, 0.5) is 0 Å². The van der Waals surface area contributed by atoms with E-state index in [1.807, 2.05) is 11.3 Å². The normalized spacial score (nSPS) is 21.3. The van der Waals surface area contributed by atoms with E-state index in [1.54, 1.807) is 0 Å². The van der Waals surface area contributed by atoms with Gasteiger partial charge in [0.25, 0.3) is 0 Å². The number of nitrogens with zero attached hydrogens (tertiary/aromatic N) is 1. The standard InChI is InChI=1S/C15H26N2S/c1-13-6-3-4-10-17(13)11-5-9-16-12-15-8-7-14(2)18-15/h7-8,13,16H,3-6,9-12H2,1-2H3. The van der Waals surface area contributed by atoms with Crippen molar-refractivity contribution in [3.63, 3.8) is 0 Å². The minimum atomic E-state index is 0.804. The minimum Gasteiger partial charge on any atom is -0.312 e. The molecule has 1 N–H and O–H groups in total. The van der Waals surface area contributed by atoms with Gasteiger partial charge < -0.3 is 10.2 Å². The van der Waals surface area contributed by atoms with Gasteiger partial charge in [-0.1, -0.05) is 6.42 Å². The average molecular weight is 266 g/mol. The Morgan fingerprint density at radius 2 is 2.28 bits per heavy atom. The highest BCUT2D eigenvalue weighted by atomic mass is 32.1. The summed E-state index contributed by atoms with van der Waals surface area (Å²) >= 11 is 1.90. The van der Waals surface area contributed by atoms with Gasteiger partial charge in [-0.15, -0.1) is 11.3 Å². The summed E-state index contributed by atoms with van der Waals surface area (Å²) in [5, 5.41) is 3.55. The molecule has 0 radical (unpaired) electrons. The molecule has 1 fully saturated rings. The lowest BCUT2D eigenvalue weighted by atomic mass is 10.0. The second-order valence-corrected chi connectivity index (χ2v) is 6.80. The van der Waals surface area contributed by atoms with Gasteiger partial charge >= 0.3 is 0 Å². The van der Waals surface area contributed by atoms with Crippen molar-refractivity contribution < 1.29 is 0 Å². The summed E-state index contributed by atoms with van der Waals surface area (Å²) in [6.45, 7) is 9.30. The molecule has 18 heavy (non-hydrogen) atoms. The van der Waals surface area contributed by atoms with Crippen LogP contribution in [0.3, 0.4) is 0 Å². The maximum atomic E-state index is 3.55. The number of rotatable bonds is 6. The Kier molecular flexibility index (Phi) is 5.67. The van der Waals surface area contributed by atoms with E-state index in [-0.39, 0.29) is 0 Å². The van der Waals surface area contributed by atoms with Gasteiger partial charge in [0.05, 0.1) is 0 Å². The fraction of sp³-hybridized carbons (Fsp3) is 0.733. The van der Waals surface area contributed by atoms with Crippen molar-refractivity contribution in [2.24, 2.45) is 0 Å². The molecule has 2 rings (SSSR count). The van der Waals surface area contributed by atoms with Crippen LogP contribution >= 0.6 is 11.3 Å². The quantitative estimate of drug-likeness (QED) is 0.794. The number of thiophene rings is 1. The third kappa shape index (κ3) is 4.38. The van der Waals surface area contributed by atoms with Crippen LogP contribution in [0.2, 0.25) is 0 Å². The molecule has 0 aromatic carbocycles. The third-order valence-electron chi connectivity index (χ3n) is 3.83. The molecule has 2 heterocycles. The number of nitrogens with one attached hydrogen (secondary N) is 1. The van der Waals surface area contributed by atoms with Gasteiger partial charge in [-0.2, -0.15) is 0 Å². The summed E-state index contributed by atoms with van der Waals surface area (Å²) in [5.41, 5.74) is 0. The van der Waals surface area contributed by atoms with E-state index in [0.29, 0.717) is 0 Å². The first-order valence-corrected chi connectivity index (χ1v) is 8.07. The van der Waals surface area contributed by atoms with Gasteiger partial charge in [-0.3, -0.25) is 0 Å². The number of hydrogen-bond acceptors (Lipinski definition) is 3. The zero-order chi connectivity index (χ0) is 12.8. The van der Waals surface area contributed by atoms with E-state index < -0.39 is 0 Å². The Morgan fingerprint density at radius 1 is 1.39 bits per heavy atom. The summed E-state index contributed by atoms with van der Waals surface area (Å²) in [5.74, 6) is 0. The van der Waals surface area contributed by atoms with Crippen LogP contribution in [0.1, 0.15) is 42.4 Å². The van der Waals surface area contributed by atoms with Crippen LogP contribution in [0.25, 0.3) is 0 Å². The zero-order valence-electron chi connectivity index (χ0n) is 11.7. The van der Waals surface area contributed by atoms with Crippen molar-refractivity contribution in [2.45, 2.75) is 52.1 Å². The maximum absolute atomic E-state index is 3.55. The maximum Gasteiger partial charge on any atom is 0.0299 e. The number of likely N-dealkylation sites (tertiary alicyclic amines) is 1. The molecule has 1 aromatic heterocycles. The Balaban J connectivity index is 1.55. The molecule has 0 bridgehead atoms. The van der Waals surface area contributed by atoms with Crippen molar-refractivity contribution in [1.82, 2.24) is 10.2 Å². The summed E-state index contributed by atoms with van der Waals surface area (Å²) < 4.78 is 0. The van der Waals surface area contributed by atoms with E-state index in [2.05, 4.69) is 36.2 Å². The fourth-order valence-electron chi connectivity index (χ4n) is 2.69. The second-order valence-electron chi connectivity index (χ2n) is 5.42. The molecule has 1 saturated heterocycles. The minimum absolute atomic E-state index is 0.804.